The fraction of sp³-hybridized carbons (Fsp3) is 0.421. The molecule has 1 aromatic rings. The molecule has 0 saturated carbocycles. The molecule has 0 amide bonds. The third-order valence-corrected chi connectivity index (χ3v) is 3.57. The number of methoxy groups -OCH3 is 1. The van der Waals surface area contributed by atoms with Crippen molar-refractivity contribution >= 4 is 5.97 Å². The van der Waals surface area contributed by atoms with E-state index in [0.29, 0.717) is 6.42 Å². The fourth-order valence-electron chi connectivity index (χ4n) is 1.82. The van der Waals surface area contributed by atoms with Gasteiger partial charge in [0, 0.05) is 12.0 Å². The van der Waals surface area contributed by atoms with Crippen LogP contribution in [0.1, 0.15) is 45.1 Å². The number of rotatable bonds is 7. The molecular weight excluding hydrogens is 276 g/mol. The smallest absolute Gasteiger partial charge is 0.330 e. The average molecular weight is 300 g/mol. The van der Waals surface area contributed by atoms with Crippen LogP contribution >= 0.6 is 0 Å². The van der Waals surface area contributed by atoms with Crippen LogP contribution in [0.2, 0.25) is 0 Å². The summed E-state index contributed by atoms with van der Waals surface area (Å²) in [5.74, 6) is 3.13. The van der Waals surface area contributed by atoms with Gasteiger partial charge < -0.3 is 9.47 Å². The second kappa shape index (κ2) is 8.29. The summed E-state index contributed by atoms with van der Waals surface area (Å²) in [4.78, 5) is 11.7. The second-order valence-electron chi connectivity index (χ2n) is 5.66. The Hall–Kier alpha value is -2.21. The number of hydrogen-bond donors (Lipinski definition) is 0. The maximum Gasteiger partial charge on any atom is 0.330 e. The van der Waals surface area contributed by atoms with Crippen LogP contribution in [-0.2, 0) is 9.53 Å². The van der Waals surface area contributed by atoms with Gasteiger partial charge in [-0.05, 0) is 44.4 Å². The van der Waals surface area contributed by atoms with Crippen molar-refractivity contribution < 1.29 is 14.3 Å². The van der Waals surface area contributed by atoms with Crippen molar-refractivity contribution in [2.45, 2.75) is 45.1 Å². The van der Waals surface area contributed by atoms with Crippen molar-refractivity contribution in [3.05, 3.63) is 42.0 Å². The molecule has 22 heavy (non-hydrogen) atoms. The first-order valence-corrected chi connectivity index (χ1v) is 7.41. The summed E-state index contributed by atoms with van der Waals surface area (Å²) < 4.78 is 10.5. The van der Waals surface area contributed by atoms with Gasteiger partial charge in [-0.1, -0.05) is 31.1 Å². The molecule has 0 aliphatic rings. The van der Waals surface area contributed by atoms with E-state index in [2.05, 4.69) is 5.92 Å². The Morgan fingerprint density at radius 3 is 2.50 bits per heavy atom. The van der Waals surface area contributed by atoms with E-state index in [1.54, 1.807) is 13.2 Å². The lowest BCUT2D eigenvalue weighted by Gasteiger charge is -2.22. The van der Waals surface area contributed by atoms with E-state index in [4.69, 9.17) is 15.9 Å². The lowest BCUT2D eigenvalue weighted by molar-refractivity contribution is -0.150. The Bertz CT molecular complexity index is 547. The van der Waals surface area contributed by atoms with Crippen molar-refractivity contribution in [3.8, 4) is 18.1 Å². The van der Waals surface area contributed by atoms with Crippen LogP contribution in [0.3, 0.4) is 0 Å². The highest BCUT2D eigenvalue weighted by Gasteiger charge is 2.18. The molecule has 0 bridgehead atoms. The highest BCUT2D eigenvalue weighted by molar-refractivity contribution is 5.82. The van der Waals surface area contributed by atoms with Crippen molar-refractivity contribution in [2.24, 2.45) is 0 Å². The molecule has 3 heteroatoms. The minimum Gasteiger partial charge on any atom is -0.497 e. The molecule has 0 saturated heterocycles. The van der Waals surface area contributed by atoms with E-state index in [-0.39, 0.29) is 11.9 Å². The van der Waals surface area contributed by atoms with Gasteiger partial charge in [-0.25, -0.2) is 4.79 Å². The normalized spacial score (nSPS) is 12.7. The highest BCUT2D eigenvalue weighted by Crippen LogP contribution is 2.22. The van der Waals surface area contributed by atoms with Crippen molar-refractivity contribution in [2.75, 3.05) is 7.11 Å². The van der Waals surface area contributed by atoms with Crippen molar-refractivity contribution in [3.63, 3.8) is 0 Å². The summed E-state index contributed by atoms with van der Waals surface area (Å²) >= 11 is 0. The summed E-state index contributed by atoms with van der Waals surface area (Å²) in [7, 11) is 1.62. The van der Waals surface area contributed by atoms with Gasteiger partial charge in [-0.2, -0.15) is 0 Å². The van der Waals surface area contributed by atoms with Crippen molar-refractivity contribution in [1.29, 1.82) is 0 Å². The third-order valence-electron chi connectivity index (χ3n) is 3.57. The zero-order valence-corrected chi connectivity index (χ0v) is 13.8. The molecule has 0 aliphatic heterocycles. The molecule has 0 radical (unpaired) electrons. The first-order chi connectivity index (χ1) is 10.4. The van der Waals surface area contributed by atoms with E-state index in [9.17, 15) is 4.79 Å². The first-order valence-electron chi connectivity index (χ1n) is 7.41. The van der Waals surface area contributed by atoms with Gasteiger partial charge >= 0.3 is 5.97 Å². The monoisotopic (exact) mass is 300 g/mol. The Kier molecular flexibility index (Phi) is 6.72. The number of allylic oxidation sites excluding steroid dienone is 1. The Morgan fingerprint density at radius 2 is 2.00 bits per heavy atom. The third kappa shape index (κ3) is 5.65. The summed E-state index contributed by atoms with van der Waals surface area (Å²) in [5.41, 5.74) is 0.582. The molecule has 1 aromatic carbocycles. The van der Waals surface area contributed by atoms with Crippen LogP contribution in [0.25, 0.3) is 0 Å². The molecule has 0 spiro atoms. The van der Waals surface area contributed by atoms with Crippen LogP contribution in [0.15, 0.2) is 36.4 Å². The summed E-state index contributed by atoms with van der Waals surface area (Å²) in [6, 6.07) is 7.63. The standard InChI is InChI=1S/C19H24O3/c1-6-15(16-11-13-17(21-5)14-12-16)9-8-10-18(20)22-19(3,4)7-2/h1,8,10-15H,7,9H2,2-5H3/b10-8+/t15-/m0/s1. The maximum absolute atomic E-state index is 11.7. The largest absolute Gasteiger partial charge is 0.497 e. The second-order valence-corrected chi connectivity index (χ2v) is 5.66. The Morgan fingerprint density at radius 1 is 1.36 bits per heavy atom. The number of esters is 1. The predicted octanol–water partition coefficient (Wildman–Crippen LogP) is 4.09. The zero-order chi connectivity index (χ0) is 16.6. The number of carbonyl (C=O) groups excluding carboxylic acids is 1. The minimum absolute atomic E-state index is 0.0749. The van der Waals surface area contributed by atoms with Crippen LogP contribution < -0.4 is 4.74 Å². The van der Waals surface area contributed by atoms with Gasteiger partial charge in [0.15, 0.2) is 0 Å². The van der Waals surface area contributed by atoms with E-state index in [1.165, 1.54) is 6.08 Å². The molecule has 0 N–H and O–H groups in total. The van der Waals surface area contributed by atoms with Gasteiger partial charge in [0.2, 0.25) is 0 Å². The molecule has 118 valence electrons. The van der Waals surface area contributed by atoms with Gasteiger partial charge in [0.25, 0.3) is 0 Å². The van der Waals surface area contributed by atoms with Crippen LogP contribution in [-0.4, -0.2) is 18.7 Å². The fourth-order valence-corrected chi connectivity index (χ4v) is 1.82. The Labute approximate surface area is 133 Å². The van der Waals surface area contributed by atoms with E-state index in [1.807, 2.05) is 45.0 Å². The van der Waals surface area contributed by atoms with E-state index in [0.717, 1.165) is 17.7 Å². The first kappa shape index (κ1) is 17.8. The number of terminal acetylenes is 1. The van der Waals surface area contributed by atoms with Crippen LogP contribution in [0.4, 0.5) is 0 Å². The van der Waals surface area contributed by atoms with Gasteiger partial charge in [0.05, 0.1) is 7.11 Å². The lowest BCUT2D eigenvalue weighted by atomic mass is 9.96. The molecule has 0 aromatic heterocycles. The number of carbonyl (C=O) groups is 1. The molecular formula is C19H24O3. The molecule has 0 heterocycles. The van der Waals surface area contributed by atoms with Gasteiger partial charge in [-0.3, -0.25) is 0 Å². The quantitative estimate of drug-likeness (QED) is 0.432. The van der Waals surface area contributed by atoms with Crippen LogP contribution in [0.5, 0.6) is 5.75 Å². The average Bonchev–Trinajstić information content (AvgIpc) is 2.51. The molecule has 0 fully saturated rings. The number of benzene rings is 1. The number of hydrogen-bond acceptors (Lipinski definition) is 3. The van der Waals surface area contributed by atoms with Gasteiger partial charge in [-0.15, -0.1) is 6.42 Å². The Balaban J connectivity index is 2.61. The minimum atomic E-state index is -0.442. The lowest BCUT2D eigenvalue weighted by Crippen LogP contribution is -2.25. The number of ether oxygens (including phenoxy) is 2. The SMILES string of the molecule is C#C[C@@H](C/C=C/C(=O)OC(C)(C)CC)c1ccc(OC)cc1. The summed E-state index contributed by atoms with van der Waals surface area (Å²) in [6.45, 7) is 5.76. The van der Waals surface area contributed by atoms with E-state index < -0.39 is 5.60 Å². The topological polar surface area (TPSA) is 35.5 Å². The molecule has 0 aliphatic carbocycles. The van der Waals surface area contributed by atoms with Crippen molar-refractivity contribution in [1.82, 2.24) is 0 Å². The van der Waals surface area contributed by atoms with E-state index >= 15 is 0 Å². The summed E-state index contributed by atoms with van der Waals surface area (Å²) in [6.07, 6.45) is 10.2. The van der Waals surface area contributed by atoms with Crippen LogP contribution in [0, 0.1) is 12.3 Å². The molecule has 1 rings (SSSR count). The zero-order valence-electron chi connectivity index (χ0n) is 13.8. The maximum atomic E-state index is 11.7. The summed E-state index contributed by atoms with van der Waals surface area (Å²) in [5, 5.41) is 0. The highest BCUT2D eigenvalue weighted by atomic mass is 16.6. The molecule has 0 unspecified atom stereocenters. The predicted molar refractivity (Wildman–Crippen MR) is 88.8 cm³/mol. The van der Waals surface area contributed by atoms with Gasteiger partial charge in [0.1, 0.15) is 11.4 Å². The molecule has 3 nitrogen and oxygen atoms in total. The molecule has 1 atom stereocenters.